The molecule has 0 aromatic rings. The summed E-state index contributed by atoms with van der Waals surface area (Å²) < 4.78 is 4.71. The monoisotopic (exact) mass is 205 g/mol. The highest BCUT2D eigenvalue weighted by Gasteiger charge is 2.35. The fourth-order valence-corrected chi connectivity index (χ4v) is 2.26. The highest BCUT2D eigenvalue weighted by molar-refractivity contribution is 6.21. The predicted octanol–water partition coefficient (Wildman–Crippen LogP) is 1.15. The van der Waals surface area contributed by atoms with Crippen molar-refractivity contribution in [2.75, 3.05) is 13.7 Å². The minimum atomic E-state index is -0.216. The molecule has 1 rings (SSSR count). The zero-order valence-corrected chi connectivity index (χ0v) is 8.80. The van der Waals surface area contributed by atoms with Gasteiger partial charge in [-0.3, -0.25) is 4.79 Å². The lowest BCUT2D eigenvalue weighted by molar-refractivity contribution is -0.145. The van der Waals surface area contributed by atoms with E-state index >= 15 is 0 Å². The molecular weight excluding hydrogens is 190 g/mol. The quantitative estimate of drug-likeness (QED) is 0.543. The molecule has 3 unspecified atom stereocenters. The van der Waals surface area contributed by atoms with E-state index < -0.39 is 0 Å². The van der Waals surface area contributed by atoms with E-state index in [9.17, 15) is 4.79 Å². The van der Waals surface area contributed by atoms with Crippen molar-refractivity contribution in [3.8, 4) is 0 Å². The number of ether oxygens (including phenoxy) is 1. The van der Waals surface area contributed by atoms with Crippen molar-refractivity contribution in [3.05, 3.63) is 0 Å². The summed E-state index contributed by atoms with van der Waals surface area (Å²) in [5.41, 5.74) is 0. The Bertz CT molecular complexity index is 186. The van der Waals surface area contributed by atoms with Gasteiger partial charge in [-0.15, -0.1) is 11.6 Å². The van der Waals surface area contributed by atoms with E-state index in [2.05, 4.69) is 5.32 Å². The molecule has 1 heterocycles. The molecule has 3 nitrogen and oxygen atoms in total. The molecule has 1 saturated heterocycles. The van der Waals surface area contributed by atoms with Crippen molar-refractivity contribution in [3.63, 3.8) is 0 Å². The van der Waals surface area contributed by atoms with Crippen molar-refractivity contribution < 1.29 is 9.53 Å². The number of halogens is 1. The Hall–Kier alpha value is -0.280. The SMILES string of the molecule is CCC1C(Cl)CCNC1C(=O)OC. The van der Waals surface area contributed by atoms with Crippen LogP contribution in [0.1, 0.15) is 19.8 Å². The van der Waals surface area contributed by atoms with Gasteiger partial charge in [0.1, 0.15) is 6.04 Å². The molecular formula is C9H16ClNO2. The van der Waals surface area contributed by atoms with Crippen LogP contribution in [0.5, 0.6) is 0 Å². The van der Waals surface area contributed by atoms with Gasteiger partial charge >= 0.3 is 5.97 Å². The summed E-state index contributed by atoms with van der Waals surface area (Å²) >= 11 is 6.13. The van der Waals surface area contributed by atoms with E-state index in [1.807, 2.05) is 6.92 Å². The minimum Gasteiger partial charge on any atom is -0.468 e. The average molecular weight is 206 g/mol. The van der Waals surface area contributed by atoms with Gasteiger partial charge in [0.05, 0.1) is 7.11 Å². The van der Waals surface area contributed by atoms with Crippen molar-refractivity contribution in [2.45, 2.75) is 31.2 Å². The smallest absolute Gasteiger partial charge is 0.323 e. The van der Waals surface area contributed by atoms with Crippen molar-refractivity contribution in [1.82, 2.24) is 5.32 Å². The minimum absolute atomic E-state index is 0.0929. The molecule has 0 bridgehead atoms. The van der Waals surface area contributed by atoms with E-state index in [0.717, 1.165) is 19.4 Å². The van der Waals surface area contributed by atoms with Gasteiger partial charge in [-0.2, -0.15) is 0 Å². The molecule has 1 N–H and O–H groups in total. The summed E-state index contributed by atoms with van der Waals surface area (Å²) in [7, 11) is 1.41. The standard InChI is InChI=1S/C9H16ClNO2/c1-3-6-7(10)4-5-11-8(6)9(12)13-2/h6-8,11H,3-5H2,1-2H3. The third-order valence-corrected chi connectivity index (χ3v) is 3.15. The number of hydrogen-bond donors (Lipinski definition) is 1. The molecule has 1 fully saturated rings. The van der Waals surface area contributed by atoms with Crippen LogP contribution in [0.25, 0.3) is 0 Å². The van der Waals surface area contributed by atoms with Crippen LogP contribution in [-0.4, -0.2) is 31.0 Å². The largest absolute Gasteiger partial charge is 0.468 e. The molecule has 0 radical (unpaired) electrons. The average Bonchev–Trinajstić information content (AvgIpc) is 2.16. The Morgan fingerprint density at radius 3 is 2.92 bits per heavy atom. The maximum Gasteiger partial charge on any atom is 0.323 e. The van der Waals surface area contributed by atoms with Gasteiger partial charge < -0.3 is 10.1 Å². The van der Waals surface area contributed by atoms with Crippen LogP contribution in [0, 0.1) is 5.92 Å². The first-order valence-electron chi connectivity index (χ1n) is 4.66. The number of methoxy groups -OCH3 is 1. The highest BCUT2D eigenvalue weighted by atomic mass is 35.5. The van der Waals surface area contributed by atoms with Gasteiger partial charge in [-0.1, -0.05) is 6.92 Å². The van der Waals surface area contributed by atoms with E-state index in [1.54, 1.807) is 0 Å². The predicted molar refractivity (Wildman–Crippen MR) is 51.8 cm³/mol. The van der Waals surface area contributed by atoms with E-state index in [4.69, 9.17) is 16.3 Å². The number of esters is 1. The number of alkyl halides is 1. The number of carbonyl (C=O) groups is 1. The van der Waals surface area contributed by atoms with Crippen LogP contribution < -0.4 is 5.32 Å². The summed E-state index contributed by atoms with van der Waals surface area (Å²) in [6.07, 6.45) is 1.83. The van der Waals surface area contributed by atoms with Crippen LogP contribution in [0.4, 0.5) is 0 Å². The lowest BCUT2D eigenvalue weighted by atomic mass is 9.88. The van der Waals surface area contributed by atoms with Gasteiger partial charge in [0.15, 0.2) is 0 Å². The number of piperidine rings is 1. The first-order chi connectivity index (χ1) is 6.20. The highest BCUT2D eigenvalue weighted by Crippen LogP contribution is 2.25. The Morgan fingerprint density at radius 2 is 2.38 bits per heavy atom. The van der Waals surface area contributed by atoms with Gasteiger partial charge in [0.25, 0.3) is 0 Å². The zero-order chi connectivity index (χ0) is 9.84. The Balaban J connectivity index is 2.64. The van der Waals surface area contributed by atoms with Crippen LogP contribution >= 0.6 is 11.6 Å². The van der Waals surface area contributed by atoms with Crippen molar-refractivity contribution >= 4 is 17.6 Å². The number of hydrogen-bond acceptors (Lipinski definition) is 3. The molecule has 76 valence electrons. The van der Waals surface area contributed by atoms with Gasteiger partial charge in [-0.25, -0.2) is 0 Å². The summed E-state index contributed by atoms with van der Waals surface area (Å²) in [5.74, 6) is 0.0000617. The number of carbonyl (C=O) groups excluding carboxylic acids is 1. The van der Waals surface area contributed by atoms with Crippen LogP contribution in [0.3, 0.4) is 0 Å². The maximum atomic E-state index is 11.3. The molecule has 0 aliphatic carbocycles. The lowest BCUT2D eigenvalue weighted by Gasteiger charge is -2.33. The topological polar surface area (TPSA) is 38.3 Å². The lowest BCUT2D eigenvalue weighted by Crippen LogP contribution is -2.51. The fraction of sp³-hybridized carbons (Fsp3) is 0.889. The van der Waals surface area contributed by atoms with Gasteiger partial charge in [-0.05, 0) is 19.4 Å². The summed E-state index contributed by atoms with van der Waals surface area (Å²) in [6, 6.07) is -0.216. The van der Waals surface area contributed by atoms with Crippen LogP contribution in [0.15, 0.2) is 0 Å². The molecule has 0 amide bonds. The van der Waals surface area contributed by atoms with E-state index in [-0.39, 0.29) is 23.3 Å². The van der Waals surface area contributed by atoms with E-state index in [0.29, 0.717) is 0 Å². The summed E-state index contributed by atoms with van der Waals surface area (Å²) in [5, 5.41) is 3.24. The number of rotatable bonds is 2. The molecule has 13 heavy (non-hydrogen) atoms. The first-order valence-corrected chi connectivity index (χ1v) is 5.09. The third kappa shape index (κ3) is 2.35. The third-order valence-electron chi connectivity index (χ3n) is 2.60. The van der Waals surface area contributed by atoms with Crippen molar-refractivity contribution in [2.24, 2.45) is 5.92 Å². The summed E-state index contributed by atoms with van der Waals surface area (Å²) in [6.45, 7) is 2.84. The molecule has 1 aliphatic rings. The molecule has 0 spiro atoms. The Morgan fingerprint density at radius 1 is 1.69 bits per heavy atom. The first kappa shape index (κ1) is 10.8. The van der Waals surface area contributed by atoms with Crippen LogP contribution in [-0.2, 0) is 9.53 Å². The van der Waals surface area contributed by atoms with E-state index in [1.165, 1.54) is 7.11 Å². The summed E-state index contributed by atoms with van der Waals surface area (Å²) in [4.78, 5) is 11.3. The Kier molecular flexibility index (Phi) is 4.00. The number of nitrogens with one attached hydrogen (secondary N) is 1. The van der Waals surface area contributed by atoms with Gasteiger partial charge in [0, 0.05) is 11.3 Å². The van der Waals surface area contributed by atoms with Crippen molar-refractivity contribution in [1.29, 1.82) is 0 Å². The molecule has 3 atom stereocenters. The normalized spacial score (nSPS) is 34.2. The van der Waals surface area contributed by atoms with Gasteiger partial charge in [0.2, 0.25) is 0 Å². The second kappa shape index (κ2) is 4.82. The Labute approximate surface area is 83.8 Å². The second-order valence-corrected chi connectivity index (χ2v) is 3.89. The molecule has 4 heteroatoms. The van der Waals surface area contributed by atoms with Crippen LogP contribution in [0.2, 0.25) is 0 Å². The second-order valence-electron chi connectivity index (χ2n) is 3.33. The molecule has 1 aliphatic heterocycles. The zero-order valence-electron chi connectivity index (χ0n) is 8.05. The molecule has 0 saturated carbocycles. The molecule has 0 aromatic carbocycles. The molecule has 0 aromatic heterocycles. The fourth-order valence-electron chi connectivity index (χ4n) is 1.83. The maximum absolute atomic E-state index is 11.3.